The number of nitrogens with zero attached hydrogens (tertiary/aromatic N) is 1. The van der Waals surface area contributed by atoms with Gasteiger partial charge in [-0.1, -0.05) is 12.5 Å². The first-order chi connectivity index (χ1) is 11.6. The van der Waals surface area contributed by atoms with Gasteiger partial charge < -0.3 is 14.3 Å². The minimum absolute atomic E-state index is 0.158. The highest BCUT2D eigenvalue weighted by atomic mass is 19.1. The average molecular weight is 333 g/mol. The summed E-state index contributed by atoms with van der Waals surface area (Å²) >= 11 is 0. The number of aliphatic carboxylic acids is 1. The lowest BCUT2D eigenvalue weighted by molar-refractivity contribution is -0.145. The molecule has 3 rings (SSSR count). The van der Waals surface area contributed by atoms with Crippen molar-refractivity contribution in [1.82, 2.24) is 4.90 Å². The SMILES string of the molecule is COc1ccc(C(c2ccco2)N2CCCCC2C(=O)O)cc1F. The highest BCUT2D eigenvalue weighted by Gasteiger charge is 2.36. The molecule has 2 unspecified atom stereocenters. The molecule has 1 aromatic carbocycles. The van der Waals surface area contributed by atoms with Crippen LogP contribution in [0.4, 0.5) is 4.39 Å². The Hall–Kier alpha value is -2.34. The van der Waals surface area contributed by atoms with E-state index >= 15 is 0 Å². The molecule has 0 saturated carbocycles. The summed E-state index contributed by atoms with van der Waals surface area (Å²) in [7, 11) is 1.41. The molecule has 2 aromatic rings. The number of carboxylic acids is 1. The molecule has 0 aliphatic carbocycles. The van der Waals surface area contributed by atoms with Gasteiger partial charge in [0.1, 0.15) is 11.8 Å². The zero-order valence-electron chi connectivity index (χ0n) is 13.4. The Morgan fingerprint density at radius 1 is 1.42 bits per heavy atom. The molecule has 5 nitrogen and oxygen atoms in total. The number of hydrogen-bond acceptors (Lipinski definition) is 4. The lowest BCUT2D eigenvalue weighted by Crippen LogP contribution is -2.46. The van der Waals surface area contributed by atoms with Crippen molar-refractivity contribution < 1.29 is 23.4 Å². The molecule has 6 heteroatoms. The molecule has 1 saturated heterocycles. The van der Waals surface area contributed by atoms with E-state index in [9.17, 15) is 14.3 Å². The lowest BCUT2D eigenvalue weighted by Gasteiger charge is -2.38. The molecule has 1 N–H and O–H groups in total. The summed E-state index contributed by atoms with van der Waals surface area (Å²) in [4.78, 5) is 13.6. The van der Waals surface area contributed by atoms with Gasteiger partial charge in [-0.15, -0.1) is 0 Å². The third-order valence-corrected chi connectivity index (χ3v) is 4.47. The summed E-state index contributed by atoms with van der Waals surface area (Å²) in [6, 6.07) is 7.19. The molecule has 0 bridgehead atoms. The molecule has 2 heterocycles. The number of carbonyl (C=O) groups is 1. The Bertz CT molecular complexity index is 701. The van der Waals surface area contributed by atoms with Crippen LogP contribution < -0.4 is 4.74 Å². The van der Waals surface area contributed by atoms with Crippen LogP contribution in [0.2, 0.25) is 0 Å². The maximum absolute atomic E-state index is 14.2. The molecule has 24 heavy (non-hydrogen) atoms. The zero-order valence-corrected chi connectivity index (χ0v) is 13.4. The van der Waals surface area contributed by atoms with Crippen LogP contribution in [0.25, 0.3) is 0 Å². The second-order valence-corrected chi connectivity index (χ2v) is 5.90. The van der Waals surface area contributed by atoms with E-state index in [0.717, 1.165) is 12.8 Å². The average Bonchev–Trinajstić information content (AvgIpc) is 3.10. The number of halogens is 1. The van der Waals surface area contributed by atoms with Gasteiger partial charge in [0.05, 0.1) is 19.4 Å². The third kappa shape index (κ3) is 3.14. The normalized spacial score (nSPS) is 19.8. The highest BCUT2D eigenvalue weighted by Crippen LogP contribution is 2.35. The van der Waals surface area contributed by atoms with Crippen molar-refractivity contribution in [3.8, 4) is 5.75 Å². The lowest BCUT2D eigenvalue weighted by atomic mass is 9.94. The van der Waals surface area contributed by atoms with Gasteiger partial charge in [0, 0.05) is 6.54 Å². The van der Waals surface area contributed by atoms with Crippen molar-refractivity contribution in [2.75, 3.05) is 13.7 Å². The Balaban J connectivity index is 2.04. The molecular formula is C18H20FNO4. The number of rotatable bonds is 5. The Morgan fingerprint density at radius 3 is 2.88 bits per heavy atom. The summed E-state index contributed by atoms with van der Waals surface area (Å²) in [6.45, 7) is 0.621. The number of methoxy groups -OCH3 is 1. The Labute approximate surface area is 139 Å². The van der Waals surface area contributed by atoms with Crippen LogP contribution in [0.1, 0.15) is 36.6 Å². The van der Waals surface area contributed by atoms with Crippen molar-refractivity contribution in [3.63, 3.8) is 0 Å². The molecule has 1 aliphatic heterocycles. The third-order valence-electron chi connectivity index (χ3n) is 4.47. The standard InChI is InChI=1S/C18H20FNO4/c1-23-15-8-7-12(11-13(15)19)17(16-6-4-10-24-16)20-9-3-2-5-14(20)18(21)22/h4,6-8,10-11,14,17H,2-3,5,9H2,1H3,(H,21,22). The molecule has 0 spiro atoms. The van der Waals surface area contributed by atoms with Crippen molar-refractivity contribution >= 4 is 5.97 Å². The fourth-order valence-corrected chi connectivity index (χ4v) is 3.35. The number of hydrogen-bond donors (Lipinski definition) is 1. The van der Waals surface area contributed by atoms with E-state index in [4.69, 9.17) is 9.15 Å². The first-order valence-electron chi connectivity index (χ1n) is 7.97. The van der Waals surface area contributed by atoms with Crippen LogP contribution in [0.5, 0.6) is 5.75 Å². The summed E-state index contributed by atoms with van der Waals surface area (Å²) in [5.41, 5.74) is 0.649. The molecule has 128 valence electrons. The number of piperidine rings is 1. The monoisotopic (exact) mass is 333 g/mol. The molecule has 1 fully saturated rings. The van der Waals surface area contributed by atoms with Crippen LogP contribution in [0, 0.1) is 5.82 Å². The zero-order chi connectivity index (χ0) is 17.1. The van der Waals surface area contributed by atoms with Gasteiger partial charge in [-0.05, 0) is 42.7 Å². The van der Waals surface area contributed by atoms with Gasteiger partial charge in [-0.2, -0.15) is 0 Å². The summed E-state index contributed by atoms with van der Waals surface area (Å²) in [5, 5.41) is 9.57. The second-order valence-electron chi connectivity index (χ2n) is 5.90. The maximum atomic E-state index is 14.2. The van der Waals surface area contributed by atoms with Gasteiger partial charge >= 0.3 is 5.97 Å². The topological polar surface area (TPSA) is 62.9 Å². The predicted molar refractivity (Wildman–Crippen MR) is 85.5 cm³/mol. The minimum atomic E-state index is -0.861. The van der Waals surface area contributed by atoms with E-state index in [-0.39, 0.29) is 5.75 Å². The van der Waals surface area contributed by atoms with E-state index in [2.05, 4.69) is 0 Å². The van der Waals surface area contributed by atoms with Crippen LogP contribution >= 0.6 is 0 Å². The predicted octanol–water partition coefficient (Wildman–Crippen LogP) is 3.46. The summed E-state index contributed by atoms with van der Waals surface area (Å²) in [5.74, 6) is -0.575. The first-order valence-corrected chi connectivity index (χ1v) is 7.97. The van der Waals surface area contributed by atoms with Crippen LogP contribution in [0.3, 0.4) is 0 Å². The van der Waals surface area contributed by atoms with Gasteiger partial charge in [0.15, 0.2) is 11.6 Å². The van der Waals surface area contributed by atoms with Crippen LogP contribution in [-0.4, -0.2) is 35.7 Å². The molecule has 0 amide bonds. The Morgan fingerprint density at radius 2 is 2.25 bits per heavy atom. The van der Waals surface area contributed by atoms with Crippen molar-refractivity contribution in [1.29, 1.82) is 0 Å². The molecule has 1 aliphatic rings. The van der Waals surface area contributed by atoms with E-state index in [1.165, 1.54) is 13.2 Å². The quantitative estimate of drug-likeness (QED) is 0.908. The fourth-order valence-electron chi connectivity index (χ4n) is 3.35. The van der Waals surface area contributed by atoms with Crippen molar-refractivity contribution in [2.45, 2.75) is 31.3 Å². The van der Waals surface area contributed by atoms with E-state index in [0.29, 0.717) is 24.3 Å². The highest BCUT2D eigenvalue weighted by molar-refractivity contribution is 5.73. The summed E-state index contributed by atoms with van der Waals surface area (Å²) < 4.78 is 24.7. The maximum Gasteiger partial charge on any atom is 0.320 e. The Kier molecular flexibility index (Phi) is 4.85. The minimum Gasteiger partial charge on any atom is -0.494 e. The fraction of sp³-hybridized carbons (Fsp3) is 0.389. The van der Waals surface area contributed by atoms with Crippen LogP contribution in [0.15, 0.2) is 41.0 Å². The molecule has 1 aromatic heterocycles. The molecule has 0 radical (unpaired) electrons. The van der Waals surface area contributed by atoms with Crippen molar-refractivity contribution in [3.05, 3.63) is 53.7 Å². The largest absolute Gasteiger partial charge is 0.494 e. The van der Waals surface area contributed by atoms with Gasteiger partial charge in [-0.25, -0.2) is 4.39 Å². The van der Waals surface area contributed by atoms with Crippen molar-refractivity contribution in [2.24, 2.45) is 0 Å². The number of benzene rings is 1. The van der Waals surface area contributed by atoms with Gasteiger partial charge in [0.25, 0.3) is 0 Å². The smallest absolute Gasteiger partial charge is 0.320 e. The number of ether oxygens (including phenoxy) is 1. The van der Waals surface area contributed by atoms with E-state index in [1.807, 2.05) is 4.90 Å². The van der Waals surface area contributed by atoms with E-state index < -0.39 is 23.9 Å². The number of carboxylic acid groups (broad SMARTS) is 1. The second kappa shape index (κ2) is 7.05. The molecular weight excluding hydrogens is 313 g/mol. The van der Waals surface area contributed by atoms with Gasteiger partial charge in [-0.3, -0.25) is 9.69 Å². The van der Waals surface area contributed by atoms with Crippen LogP contribution in [-0.2, 0) is 4.79 Å². The summed E-state index contributed by atoms with van der Waals surface area (Å²) in [6.07, 6.45) is 3.89. The first kappa shape index (κ1) is 16.5. The molecule has 2 atom stereocenters. The number of likely N-dealkylation sites (tertiary alicyclic amines) is 1. The number of furan rings is 1. The van der Waals surface area contributed by atoms with E-state index in [1.54, 1.807) is 30.5 Å². The van der Waals surface area contributed by atoms with Gasteiger partial charge in [0.2, 0.25) is 0 Å².